The fourth-order valence-corrected chi connectivity index (χ4v) is 2.64. The average Bonchev–Trinajstić information content (AvgIpc) is 2.38. The molecule has 0 fully saturated rings. The Kier molecular flexibility index (Phi) is 2.90. The lowest BCUT2D eigenvalue weighted by Gasteiger charge is -1.98. The Morgan fingerprint density at radius 3 is 3.08 bits per heavy atom. The minimum absolute atomic E-state index is 0.699. The van der Waals surface area contributed by atoms with E-state index in [1.807, 2.05) is 11.8 Å². The van der Waals surface area contributed by atoms with Gasteiger partial charge in [-0.3, -0.25) is 5.10 Å². The molecule has 0 radical (unpaired) electrons. The van der Waals surface area contributed by atoms with E-state index in [1.54, 1.807) is 0 Å². The third-order valence-electron chi connectivity index (χ3n) is 2.41. The summed E-state index contributed by atoms with van der Waals surface area (Å²) >= 11 is 2.02. The van der Waals surface area contributed by atoms with Gasteiger partial charge in [0.05, 0.1) is 5.69 Å². The Balaban J connectivity index is 2.23. The third kappa shape index (κ3) is 1.89. The number of nitrogens with zero attached hydrogens (tertiary/aromatic N) is 1. The van der Waals surface area contributed by atoms with Gasteiger partial charge in [0.15, 0.2) is 0 Å². The number of hydrogen-bond acceptors (Lipinski definition) is 3. The smallest absolute Gasteiger partial charge is 0.0669 e. The van der Waals surface area contributed by atoms with Crippen LogP contribution in [0.4, 0.5) is 0 Å². The molecule has 0 bridgehead atoms. The maximum absolute atomic E-state index is 5.53. The molecule has 1 aromatic rings. The predicted octanol–water partition coefficient (Wildman–Crippen LogP) is 0.743. The summed E-state index contributed by atoms with van der Waals surface area (Å²) in [4.78, 5) is 0. The van der Waals surface area contributed by atoms with Crippen LogP contribution in [-0.4, -0.2) is 28.2 Å². The monoisotopic (exact) mass is 197 g/mol. The summed E-state index contributed by atoms with van der Waals surface area (Å²) in [5, 5.41) is 7.45. The van der Waals surface area contributed by atoms with Gasteiger partial charge in [-0.2, -0.15) is 16.9 Å². The second kappa shape index (κ2) is 4.15. The van der Waals surface area contributed by atoms with Gasteiger partial charge in [0, 0.05) is 12.1 Å². The van der Waals surface area contributed by atoms with Gasteiger partial charge in [0.25, 0.3) is 0 Å². The van der Waals surface area contributed by atoms with E-state index in [0.717, 1.165) is 19.3 Å². The predicted molar refractivity (Wildman–Crippen MR) is 56.1 cm³/mol. The Bertz CT molecular complexity index is 282. The Morgan fingerprint density at radius 2 is 2.23 bits per heavy atom. The van der Waals surface area contributed by atoms with Gasteiger partial charge in [0.1, 0.15) is 0 Å². The maximum atomic E-state index is 5.53. The molecule has 3 N–H and O–H groups in total. The summed E-state index contributed by atoms with van der Waals surface area (Å²) in [5.41, 5.74) is 9.51. The molecule has 0 saturated carbocycles. The van der Waals surface area contributed by atoms with Crippen molar-refractivity contribution in [1.29, 1.82) is 0 Å². The van der Waals surface area contributed by atoms with E-state index in [2.05, 4.69) is 10.2 Å². The van der Waals surface area contributed by atoms with E-state index < -0.39 is 0 Å². The zero-order valence-corrected chi connectivity index (χ0v) is 8.49. The number of aromatic amines is 1. The molecule has 1 aliphatic heterocycles. The fraction of sp³-hybridized carbons (Fsp3) is 0.667. The highest BCUT2D eigenvalue weighted by Crippen LogP contribution is 2.20. The summed E-state index contributed by atoms with van der Waals surface area (Å²) in [7, 11) is 0. The van der Waals surface area contributed by atoms with Crippen LogP contribution in [0.3, 0.4) is 0 Å². The lowest BCUT2D eigenvalue weighted by molar-refractivity contribution is 0.884. The lowest BCUT2D eigenvalue weighted by Crippen LogP contribution is -2.05. The molecule has 0 amide bonds. The van der Waals surface area contributed by atoms with Gasteiger partial charge in [-0.05, 0) is 36.5 Å². The van der Waals surface area contributed by atoms with Gasteiger partial charge >= 0.3 is 0 Å². The number of thioether (sulfide) groups is 1. The van der Waals surface area contributed by atoms with Crippen LogP contribution in [0, 0.1) is 0 Å². The summed E-state index contributed by atoms with van der Waals surface area (Å²) in [6.45, 7) is 0.699. The van der Waals surface area contributed by atoms with Gasteiger partial charge in [-0.1, -0.05) is 0 Å². The Labute approximate surface area is 82.5 Å². The zero-order chi connectivity index (χ0) is 9.10. The van der Waals surface area contributed by atoms with Crippen LogP contribution in [0.1, 0.15) is 17.0 Å². The van der Waals surface area contributed by atoms with Crippen LogP contribution in [0.25, 0.3) is 0 Å². The summed E-state index contributed by atoms with van der Waals surface area (Å²) in [6.07, 6.45) is 3.21. The molecule has 0 atom stereocenters. The van der Waals surface area contributed by atoms with E-state index in [1.165, 1.54) is 28.5 Å². The molecule has 1 aromatic heterocycles. The number of aryl methyl sites for hydroxylation is 1. The molecule has 0 aliphatic carbocycles. The molecule has 2 heterocycles. The molecule has 0 unspecified atom stereocenters. The normalized spacial score (nSPS) is 16.7. The van der Waals surface area contributed by atoms with Gasteiger partial charge in [-0.15, -0.1) is 0 Å². The molecule has 0 aromatic carbocycles. The quantitative estimate of drug-likeness (QED) is 0.735. The summed E-state index contributed by atoms with van der Waals surface area (Å²) in [5.74, 6) is 2.45. The van der Waals surface area contributed by atoms with E-state index >= 15 is 0 Å². The van der Waals surface area contributed by atoms with Crippen molar-refractivity contribution in [2.75, 3.05) is 18.1 Å². The minimum Gasteiger partial charge on any atom is -0.330 e. The highest BCUT2D eigenvalue weighted by Gasteiger charge is 2.14. The van der Waals surface area contributed by atoms with Crippen molar-refractivity contribution in [2.24, 2.45) is 5.73 Å². The van der Waals surface area contributed by atoms with E-state index in [-0.39, 0.29) is 0 Å². The van der Waals surface area contributed by atoms with Crippen LogP contribution in [-0.2, 0) is 19.3 Å². The molecule has 3 nitrogen and oxygen atoms in total. The molecule has 13 heavy (non-hydrogen) atoms. The van der Waals surface area contributed by atoms with Crippen molar-refractivity contribution < 1.29 is 0 Å². The number of fused-ring (bicyclic) bond motifs is 1. The number of nitrogens with one attached hydrogen (secondary N) is 1. The number of aromatic nitrogens is 2. The topological polar surface area (TPSA) is 54.7 Å². The molecular weight excluding hydrogens is 182 g/mol. The molecule has 72 valence electrons. The van der Waals surface area contributed by atoms with Crippen molar-refractivity contribution in [1.82, 2.24) is 10.2 Å². The van der Waals surface area contributed by atoms with E-state index in [9.17, 15) is 0 Å². The van der Waals surface area contributed by atoms with E-state index in [0.29, 0.717) is 6.54 Å². The largest absolute Gasteiger partial charge is 0.330 e. The first kappa shape index (κ1) is 9.09. The maximum Gasteiger partial charge on any atom is 0.0669 e. The third-order valence-corrected chi connectivity index (χ3v) is 3.40. The molecular formula is C9H15N3S. The van der Waals surface area contributed by atoms with E-state index in [4.69, 9.17) is 5.73 Å². The number of H-pyrrole nitrogens is 1. The van der Waals surface area contributed by atoms with Crippen molar-refractivity contribution in [3.63, 3.8) is 0 Å². The molecule has 4 heteroatoms. The number of hydrogen-bond donors (Lipinski definition) is 2. The standard InChI is InChI=1S/C9H15N3S/c10-4-1-8-7-2-5-13-6-3-9(7)12-11-8/h1-6,10H2,(H,11,12). The SMILES string of the molecule is NCCc1n[nH]c2c1CCSCC2. The van der Waals surface area contributed by atoms with Crippen LogP contribution < -0.4 is 5.73 Å². The van der Waals surface area contributed by atoms with Crippen LogP contribution in [0.15, 0.2) is 0 Å². The zero-order valence-electron chi connectivity index (χ0n) is 7.68. The minimum atomic E-state index is 0.699. The summed E-state index contributed by atoms with van der Waals surface area (Å²) < 4.78 is 0. The highest BCUT2D eigenvalue weighted by atomic mass is 32.2. The molecule has 0 spiro atoms. The second-order valence-corrected chi connectivity index (χ2v) is 4.50. The van der Waals surface area contributed by atoms with Gasteiger partial charge < -0.3 is 5.73 Å². The number of rotatable bonds is 2. The van der Waals surface area contributed by atoms with Gasteiger partial charge in [0.2, 0.25) is 0 Å². The van der Waals surface area contributed by atoms with Crippen molar-refractivity contribution >= 4 is 11.8 Å². The van der Waals surface area contributed by atoms with Crippen LogP contribution in [0.5, 0.6) is 0 Å². The van der Waals surface area contributed by atoms with Crippen molar-refractivity contribution in [3.8, 4) is 0 Å². The van der Waals surface area contributed by atoms with Crippen LogP contribution >= 0.6 is 11.8 Å². The van der Waals surface area contributed by atoms with Gasteiger partial charge in [-0.25, -0.2) is 0 Å². The second-order valence-electron chi connectivity index (χ2n) is 3.28. The molecule has 2 rings (SSSR count). The average molecular weight is 197 g/mol. The summed E-state index contributed by atoms with van der Waals surface area (Å²) in [6, 6.07) is 0. The Hall–Kier alpha value is -0.480. The van der Waals surface area contributed by atoms with Crippen molar-refractivity contribution in [2.45, 2.75) is 19.3 Å². The highest BCUT2D eigenvalue weighted by molar-refractivity contribution is 7.99. The van der Waals surface area contributed by atoms with Crippen molar-refractivity contribution in [3.05, 3.63) is 17.0 Å². The fourth-order valence-electron chi connectivity index (χ4n) is 1.74. The lowest BCUT2D eigenvalue weighted by atomic mass is 10.1. The first-order chi connectivity index (χ1) is 6.42. The first-order valence-corrected chi connectivity index (χ1v) is 5.90. The van der Waals surface area contributed by atoms with Crippen LogP contribution in [0.2, 0.25) is 0 Å². The first-order valence-electron chi connectivity index (χ1n) is 4.74. The molecule has 0 saturated heterocycles. The number of nitrogens with two attached hydrogens (primary N) is 1. The Morgan fingerprint density at radius 1 is 1.38 bits per heavy atom. The molecule has 1 aliphatic rings.